The number of halogens is 4. The predicted molar refractivity (Wildman–Crippen MR) is 129 cm³/mol. The van der Waals surface area contributed by atoms with Crippen LogP contribution in [-0.2, 0) is 16.4 Å². The molecule has 0 aromatic heterocycles. The maximum absolute atomic E-state index is 12.7. The summed E-state index contributed by atoms with van der Waals surface area (Å²) in [5, 5.41) is 6.37. The lowest BCUT2D eigenvalue weighted by Gasteiger charge is -2.32. The van der Waals surface area contributed by atoms with Gasteiger partial charge in [0.1, 0.15) is 0 Å². The van der Waals surface area contributed by atoms with E-state index in [1.807, 2.05) is 19.0 Å². The van der Waals surface area contributed by atoms with Crippen LogP contribution < -0.4 is 15.5 Å². The Balaban J connectivity index is 0.00000480. The highest BCUT2D eigenvalue weighted by molar-refractivity contribution is 14.0. The Labute approximate surface area is 199 Å². The van der Waals surface area contributed by atoms with Crippen LogP contribution >= 0.6 is 24.0 Å². The summed E-state index contributed by atoms with van der Waals surface area (Å²) in [6.45, 7) is 0.356. The van der Waals surface area contributed by atoms with Crippen molar-refractivity contribution in [2.45, 2.75) is 37.2 Å². The molecule has 7 nitrogen and oxygen atoms in total. The van der Waals surface area contributed by atoms with Gasteiger partial charge in [0.2, 0.25) is 0 Å². The summed E-state index contributed by atoms with van der Waals surface area (Å²) < 4.78 is 61.4. The number of benzene rings is 1. The molecule has 0 spiro atoms. The number of anilines is 1. The second kappa shape index (κ2) is 12.1. The molecule has 1 heterocycles. The van der Waals surface area contributed by atoms with E-state index in [4.69, 9.17) is 0 Å². The summed E-state index contributed by atoms with van der Waals surface area (Å²) in [5.74, 6) is 0.565. The van der Waals surface area contributed by atoms with Gasteiger partial charge in [-0.2, -0.15) is 17.5 Å². The topological polar surface area (TPSA) is 77.0 Å². The first-order valence-electron chi connectivity index (χ1n) is 9.84. The Morgan fingerprint density at radius 2 is 1.77 bits per heavy atom. The normalized spacial score (nSPS) is 16.5. The Bertz CT molecular complexity index is 809. The van der Waals surface area contributed by atoms with Crippen LogP contribution in [0.25, 0.3) is 0 Å². The number of nitrogens with zero attached hydrogens (tertiary/aromatic N) is 3. The molecule has 1 fully saturated rings. The zero-order valence-electron chi connectivity index (χ0n) is 17.9. The van der Waals surface area contributed by atoms with Crippen LogP contribution in [0.15, 0.2) is 29.3 Å². The lowest BCUT2D eigenvalue weighted by Crippen LogP contribution is -2.51. The van der Waals surface area contributed by atoms with Crippen LogP contribution in [0.4, 0.5) is 18.9 Å². The van der Waals surface area contributed by atoms with Gasteiger partial charge in [0.25, 0.3) is 0 Å². The van der Waals surface area contributed by atoms with E-state index < -0.39 is 15.5 Å². The molecule has 0 bridgehead atoms. The van der Waals surface area contributed by atoms with E-state index in [9.17, 15) is 21.6 Å². The van der Waals surface area contributed by atoms with E-state index in [-0.39, 0.29) is 55.9 Å². The lowest BCUT2D eigenvalue weighted by molar-refractivity contribution is -0.0494. The van der Waals surface area contributed by atoms with Gasteiger partial charge in [0.05, 0.1) is 0 Å². The number of hydrogen-bond donors (Lipinski definition) is 2. The fraction of sp³-hybridized carbons (Fsp3) is 0.632. The van der Waals surface area contributed by atoms with Gasteiger partial charge in [0.15, 0.2) is 5.96 Å². The largest absolute Gasteiger partial charge is 0.511 e. The number of piperidine rings is 1. The monoisotopic (exact) mass is 577 g/mol. The van der Waals surface area contributed by atoms with E-state index in [1.165, 1.54) is 5.56 Å². The van der Waals surface area contributed by atoms with Crippen molar-refractivity contribution in [1.82, 2.24) is 14.9 Å². The maximum atomic E-state index is 12.7. The molecule has 12 heteroatoms. The Hall–Kier alpha value is -1.28. The molecule has 1 aliphatic rings. The number of aliphatic imine (C=N–C) groups is 1. The Morgan fingerprint density at radius 1 is 1.19 bits per heavy atom. The van der Waals surface area contributed by atoms with E-state index in [1.54, 1.807) is 7.05 Å². The SMILES string of the molecule is CN=C(NCCCc1ccc(N(C)C)cc1)NC1CCN(S(=O)(=O)C(F)(F)F)CC1.I. The summed E-state index contributed by atoms with van der Waals surface area (Å²) in [6, 6.07) is 8.23. The van der Waals surface area contributed by atoms with Crippen LogP contribution in [0.3, 0.4) is 0 Å². The second-order valence-corrected chi connectivity index (χ2v) is 9.36. The zero-order chi connectivity index (χ0) is 22.4. The van der Waals surface area contributed by atoms with E-state index in [0.717, 1.165) is 18.5 Å². The van der Waals surface area contributed by atoms with Crippen LogP contribution in [0.5, 0.6) is 0 Å². The standard InChI is InChI=1S/C19H30F3N5O2S.HI/c1-23-18(24-12-4-5-15-6-8-17(9-7-15)26(2)3)25-16-10-13-27(14-11-16)30(28,29)19(20,21)22;/h6-9,16H,4-5,10-14H2,1-3H3,(H2,23,24,25);1H. The number of hydrogen-bond acceptors (Lipinski definition) is 4. The smallest absolute Gasteiger partial charge is 0.378 e. The highest BCUT2D eigenvalue weighted by Gasteiger charge is 2.50. The quantitative estimate of drug-likeness (QED) is 0.226. The molecule has 0 unspecified atom stereocenters. The van der Waals surface area contributed by atoms with Gasteiger partial charge in [-0.25, -0.2) is 8.42 Å². The molecule has 0 atom stereocenters. The van der Waals surface area contributed by atoms with Crippen molar-refractivity contribution in [2.75, 3.05) is 45.7 Å². The van der Waals surface area contributed by atoms with Crippen molar-refractivity contribution >= 4 is 45.6 Å². The Morgan fingerprint density at radius 3 is 2.26 bits per heavy atom. The van der Waals surface area contributed by atoms with Crippen molar-refractivity contribution < 1.29 is 21.6 Å². The number of rotatable bonds is 7. The van der Waals surface area contributed by atoms with Crippen LogP contribution in [0, 0.1) is 0 Å². The fourth-order valence-electron chi connectivity index (χ4n) is 3.23. The van der Waals surface area contributed by atoms with E-state index in [0.29, 0.717) is 16.8 Å². The fourth-order valence-corrected chi connectivity index (χ4v) is 4.22. The van der Waals surface area contributed by atoms with Crippen molar-refractivity contribution in [3.63, 3.8) is 0 Å². The Kier molecular flexibility index (Phi) is 10.8. The predicted octanol–water partition coefficient (Wildman–Crippen LogP) is 2.78. The molecule has 31 heavy (non-hydrogen) atoms. The number of nitrogens with one attached hydrogen (secondary N) is 2. The minimum Gasteiger partial charge on any atom is -0.378 e. The van der Waals surface area contributed by atoms with Crippen LogP contribution in [0.2, 0.25) is 0 Å². The third kappa shape index (κ3) is 7.97. The molecule has 1 aromatic rings. The van der Waals surface area contributed by atoms with Gasteiger partial charge in [-0.1, -0.05) is 12.1 Å². The molecule has 178 valence electrons. The van der Waals surface area contributed by atoms with E-state index in [2.05, 4.69) is 39.9 Å². The summed E-state index contributed by atoms with van der Waals surface area (Å²) in [7, 11) is 0.365. The highest BCUT2D eigenvalue weighted by atomic mass is 127. The number of alkyl halides is 3. The van der Waals surface area contributed by atoms with Gasteiger partial charge in [-0.3, -0.25) is 4.99 Å². The molecular weight excluding hydrogens is 546 g/mol. The molecular formula is C19H31F3IN5O2S. The van der Waals surface area contributed by atoms with Gasteiger partial charge in [-0.05, 0) is 43.4 Å². The van der Waals surface area contributed by atoms with Gasteiger partial charge >= 0.3 is 15.5 Å². The summed E-state index contributed by atoms with van der Waals surface area (Å²) in [4.78, 5) is 6.19. The molecule has 0 amide bonds. The van der Waals surface area contributed by atoms with Gasteiger partial charge in [-0.15, -0.1) is 24.0 Å². The van der Waals surface area contributed by atoms with Gasteiger partial charge < -0.3 is 15.5 Å². The summed E-state index contributed by atoms with van der Waals surface area (Å²) in [6.07, 6.45) is 2.37. The molecule has 1 aromatic carbocycles. The maximum Gasteiger partial charge on any atom is 0.511 e. The minimum atomic E-state index is -5.25. The first kappa shape index (κ1) is 27.8. The number of guanidine groups is 1. The molecule has 1 saturated heterocycles. The molecule has 0 aliphatic carbocycles. The van der Waals surface area contributed by atoms with Gasteiger partial charge in [0, 0.05) is 52.5 Å². The highest BCUT2D eigenvalue weighted by Crippen LogP contribution is 2.28. The second-order valence-electron chi connectivity index (χ2n) is 7.43. The first-order chi connectivity index (χ1) is 14.0. The third-order valence-corrected chi connectivity index (χ3v) is 6.67. The van der Waals surface area contributed by atoms with Crippen molar-refractivity contribution in [3.8, 4) is 0 Å². The summed E-state index contributed by atoms with van der Waals surface area (Å²) >= 11 is 0. The van der Waals surface area contributed by atoms with Crippen LogP contribution in [-0.4, -0.2) is 71.0 Å². The molecule has 1 aliphatic heterocycles. The minimum absolute atomic E-state index is 0. The molecule has 2 N–H and O–H groups in total. The molecule has 0 saturated carbocycles. The average Bonchev–Trinajstić information content (AvgIpc) is 2.70. The summed E-state index contributed by atoms with van der Waals surface area (Å²) in [5.41, 5.74) is -2.86. The number of sulfonamides is 1. The first-order valence-corrected chi connectivity index (χ1v) is 11.3. The number of aryl methyl sites for hydroxylation is 1. The third-order valence-electron chi connectivity index (χ3n) is 5.04. The van der Waals surface area contributed by atoms with E-state index >= 15 is 0 Å². The van der Waals surface area contributed by atoms with Crippen molar-refractivity contribution in [1.29, 1.82) is 0 Å². The average molecular weight is 577 g/mol. The van der Waals surface area contributed by atoms with Crippen molar-refractivity contribution in [2.24, 2.45) is 4.99 Å². The van der Waals surface area contributed by atoms with Crippen LogP contribution in [0.1, 0.15) is 24.8 Å². The molecule has 0 radical (unpaired) electrons. The van der Waals surface area contributed by atoms with Crippen molar-refractivity contribution in [3.05, 3.63) is 29.8 Å². The molecule has 2 rings (SSSR count). The lowest BCUT2D eigenvalue weighted by atomic mass is 10.1. The zero-order valence-corrected chi connectivity index (χ0v) is 21.1.